The SMILES string of the molecule is Nc1ccc(C2OCCc3ccccc32)cc1. The highest BCUT2D eigenvalue weighted by atomic mass is 16.5. The first-order valence-corrected chi connectivity index (χ1v) is 5.89. The van der Waals surface area contributed by atoms with E-state index in [1.165, 1.54) is 16.7 Å². The number of hydrogen-bond acceptors (Lipinski definition) is 2. The van der Waals surface area contributed by atoms with Crippen LogP contribution in [0.5, 0.6) is 0 Å². The van der Waals surface area contributed by atoms with Gasteiger partial charge in [-0.3, -0.25) is 0 Å². The van der Waals surface area contributed by atoms with E-state index in [2.05, 4.69) is 24.3 Å². The molecule has 1 aliphatic rings. The van der Waals surface area contributed by atoms with Gasteiger partial charge in [0.25, 0.3) is 0 Å². The Morgan fingerprint density at radius 2 is 1.76 bits per heavy atom. The van der Waals surface area contributed by atoms with Crippen LogP contribution in [0.2, 0.25) is 0 Å². The number of ether oxygens (including phenoxy) is 1. The number of rotatable bonds is 1. The van der Waals surface area contributed by atoms with Crippen LogP contribution in [0, 0.1) is 0 Å². The van der Waals surface area contributed by atoms with E-state index in [-0.39, 0.29) is 6.10 Å². The van der Waals surface area contributed by atoms with Crippen LogP contribution in [0.1, 0.15) is 22.8 Å². The summed E-state index contributed by atoms with van der Waals surface area (Å²) in [5, 5.41) is 0. The minimum atomic E-state index is 0.0561. The van der Waals surface area contributed by atoms with Crippen molar-refractivity contribution in [2.24, 2.45) is 0 Å². The molecule has 2 nitrogen and oxygen atoms in total. The Morgan fingerprint density at radius 1 is 1.00 bits per heavy atom. The average Bonchev–Trinajstić information content (AvgIpc) is 2.39. The molecule has 2 heteroatoms. The molecular weight excluding hydrogens is 210 g/mol. The first-order chi connectivity index (χ1) is 8.34. The summed E-state index contributed by atoms with van der Waals surface area (Å²) in [6.45, 7) is 0.784. The molecule has 0 radical (unpaired) electrons. The number of nitrogen functional groups attached to an aromatic ring is 1. The topological polar surface area (TPSA) is 35.2 Å². The fourth-order valence-corrected chi connectivity index (χ4v) is 2.34. The number of hydrogen-bond donors (Lipinski definition) is 1. The summed E-state index contributed by atoms with van der Waals surface area (Å²) in [5.41, 5.74) is 10.3. The van der Waals surface area contributed by atoms with Gasteiger partial charge in [-0.15, -0.1) is 0 Å². The van der Waals surface area contributed by atoms with Gasteiger partial charge in [0.1, 0.15) is 6.10 Å². The lowest BCUT2D eigenvalue weighted by Crippen LogP contribution is -2.17. The molecule has 17 heavy (non-hydrogen) atoms. The summed E-state index contributed by atoms with van der Waals surface area (Å²) < 4.78 is 5.89. The van der Waals surface area contributed by atoms with Crippen molar-refractivity contribution in [3.63, 3.8) is 0 Å². The van der Waals surface area contributed by atoms with Crippen LogP contribution in [0.4, 0.5) is 5.69 Å². The van der Waals surface area contributed by atoms with Crippen molar-refractivity contribution in [3.8, 4) is 0 Å². The molecule has 1 aliphatic heterocycles. The Bertz CT molecular complexity index is 519. The van der Waals surface area contributed by atoms with E-state index in [1.807, 2.05) is 24.3 Å². The van der Waals surface area contributed by atoms with Crippen molar-refractivity contribution in [1.82, 2.24) is 0 Å². The third kappa shape index (κ3) is 1.92. The zero-order valence-corrected chi connectivity index (χ0v) is 9.60. The molecule has 86 valence electrons. The van der Waals surface area contributed by atoms with Gasteiger partial charge in [-0.05, 0) is 35.2 Å². The van der Waals surface area contributed by atoms with Crippen LogP contribution < -0.4 is 5.73 Å². The van der Waals surface area contributed by atoms with Gasteiger partial charge in [0.15, 0.2) is 0 Å². The fraction of sp³-hybridized carbons (Fsp3) is 0.200. The van der Waals surface area contributed by atoms with Crippen LogP contribution >= 0.6 is 0 Å². The van der Waals surface area contributed by atoms with Crippen molar-refractivity contribution >= 4 is 5.69 Å². The van der Waals surface area contributed by atoms with E-state index in [0.29, 0.717) is 0 Å². The molecule has 2 aromatic rings. The Hall–Kier alpha value is -1.80. The second-order valence-electron chi connectivity index (χ2n) is 4.37. The summed E-state index contributed by atoms with van der Waals surface area (Å²) in [6, 6.07) is 16.4. The van der Waals surface area contributed by atoms with Crippen molar-refractivity contribution in [2.75, 3.05) is 12.3 Å². The van der Waals surface area contributed by atoms with Crippen molar-refractivity contribution < 1.29 is 4.74 Å². The Morgan fingerprint density at radius 3 is 2.59 bits per heavy atom. The molecule has 0 amide bonds. The third-order valence-electron chi connectivity index (χ3n) is 3.23. The molecule has 0 fully saturated rings. The minimum Gasteiger partial charge on any atom is -0.399 e. The van der Waals surface area contributed by atoms with E-state index in [0.717, 1.165) is 18.7 Å². The van der Waals surface area contributed by atoms with Crippen molar-refractivity contribution in [2.45, 2.75) is 12.5 Å². The summed E-state index contributed by atoms with van der Waals surface area (Å²) in [4.78, 5) is 0. The zero-order chi connectivity index (χ0) is 11.7. The summed E-state index contributed by atoms with van der Waals surface area (Å²) in [6.07, 6.45) is 1.06. The van der Waals surface area contributed by atoms with Crippen LogP contribution in [-0.4, -0.2) is 6.61 Å². The molecular formula is C15H15NO. The predicted molar refractivity (Wildman–Crippen MR) is 68.8 cm³/mol. The largest absolute Gasteiger partial charge is 0.399 e. The van der Waals surface area contributed by atoms with Crippen LogP contribution in [0.3, 0.4) is 0 Å². The maximum absolute atomic E-state index is 5.89. The van der Waals surface area contributed by atoms with E-state index >= 15 is 0 Å². The molecule has 3 rings (SSSR count). The van der Waals surface area contributed by atoms with Crippen molar-refractivity contribution in [3.05, 3.63) is 65.2 Å². The van der Waals surface area contributed by atoms with Gasteiger partial charge >= 0.3 is 0 Å². The van der Waals surface area contributed by atoms with Gasteiger partial charge < -0.3 is 10.5 Å². The molecule has 0 saturated heterocycles. The monoisotopic (exact) mass is 225 g/mol. The Balaban J connectivity index is 2.03. The van der Waals surface area contributed by atoms with Gasteiger partial charge in [-0.2, -0.15) is 0 Å². The molecule has 1 atom stereocenters. The quantitative estimate of drug-likeness (QED) is 0.757. The third-order valence-corrected chi connectivity index (χ3v) is 3.23. The Kier molecular flexibility index (Phi) is 2.57. The van der Waals surface area contributed by atoms with E-state index in [4.69, 9.17) is 10.5 Å². The zero-order valence-electron chi connectivity index (χ0n) is 9.60. The molecule has 1 unspecified atom stereocenters. The van der Waals surface area contributed by atoms with E-state index < -0.39 is 0 Å². The highest BCUT2D eigenvalue weighted by molar-refractivity contribution is 5.43. The number of nitrogens with two attached hydrogens (primary N) is 1. The maximum Gasteiger partial charge on any atom is 0.108 e. The lowest BCUT2D eigenvalue weighted by atomic mass is 9.93. The molecule has 2 aromatic carbocycles. The maximum atomic E-state index is 5.89. The number of anilines is 1. The molecule has 1 heterocycles. The van der Waals surface area contributed by atoms with Crippen LogP contribution in [-0.2, 0) is 11.2 Å². The van der Waals surface area contributed by atoms with Gasteiger partial charge in [-0.1, -0.05) is 36.4 Å². The van der Waals surface area contributed by atoms with Crippen molar-refractivity contribution in [1.29, 1.82) is 0 Å². The highest BCUT2D eigenvalue weighted by Crippen LogP contribution is 2.32. The standard InChI is InChI=1S/C15H15NO/c16-13-7-5-12(6-8-13)15-14-4-2-1-3-11(14)9-10-17-15/h1-8,15H,9-10,16H2. The number of fused-ring (bicyclic) bond motifs is 1. The smallest absolute Gasteiger partial charge is 0.108 e. The van der Waals surface area contributed by atoms with Crippen LogP contribution in [0.15, 0.2) is 48.5 Å². The highest BCUT2D eigenvalue weighted by Gasteiger charge is 2.21. The molecule has 2 N–H and O–H groups in total. The first-order valence-electron chi connectivity index (χ1n) is 5.89. The summed E-state index contributed by atoms with van der Waals surface area (Å²) in [5.74, 6) is 0. The summed E-state index contributed by atoms with van der Waals surface area (Å²) >= 11 is 0. The molecule has 0 aromatic heterocycles. The normalized spacial score (nSPS) is 18.7. The number of benzene rings is 2. The van der Waals surface area contributed by atoms with Gasteiger partial charge in [0.05, 0.1) is 6.61 Å². The van der Waals surface area contributed by atoms with Gasteiger partial charge in [0, 0.05) is 5.69 Å². The lowest BCUT2D eigenvalue weighted by molar-refractivity contribution is 0.0698. The molecule has 0 saturated carbocycles. The second kappa shape index (κ2) is 4.22. The fourth-order valence-electron chi connectivity index (χ4n) is 2.34. The second-order valence-corrected chi connectivity index (χ2v) is 4.37. The minimum absolute atomic E-state index is 0.0561. The van der Waals surface area contributed by atoms with E-state index in [9.17, 15) is 0 Å². The van der Waals surface area contributed by atoms with Gasteiger partial charge in [-0.25, -0.2) is 0 Å². The molecule has 0 bridgehead atoms. The van der Waals surface area contributed by atoms with Gasteiger partial charge in [0.2, 0.25) is 0 Å². The van der Waals surface area contributed by atoms with E-state index in [1.54, 1.807) is 0 Å². The van der Waals surface area contributed by atoms with Crippen LogP contribution in [0.25, 0.3) is 0 Å². The predicted octanol–water partition coefficient (Wildman–Crippen LogP) is 2.93. The summed E-state index contributed by atoms with van der Waals surface area (Å²) in [7, 11) is 0. The molecule has 0 aliphatic carbocycles. The average molecular weight is 225 g/mol. The first kappa shape index (κ1) is 10.4. The molecule has 0 spiro atoms. The Labute approximate surface area is 101 Å². The lowest BCUT2D eigenvalue weighted by Gasteiger charge is -2.26.